The molecule has 0 radical (unpaired) electrons. The average molecular weight is 329 g/mol. The first-order valence-corrected chi connectivity index (χ1v) is 8.60. The van der Waals surface area contributed by atoms with Gasteiger partial charge in [-0.05, 0) is 55.7 Å². The Morgan fingerprint density at radius 1 is 1.12 bits per heavy atom. The fourth-order valence-electron chi connectivity index (χ4n) is 3.25. The predicted molar refractivity (Wildman–Crippen MR) is 96.7 cm³/mol. The zero-order valence-electron chi connectivity index (χ0n) is 13.9. The van der Waals surface area contributed by atoms with Gasteiger partial charge >= 0.3 is 0 Å². The molecule has 0 aliphatic carbocycles. The maximum Gasteiger partial charge on any atom is 0.133 e. The summed E-state index contributed by atoms with van der Waals surface area (Å²) in [6, 6.07) is 15.7. The van der Waals surface area contributed by atoms with Gasteiger partial charge in [-0.2, -0.15) is 10.4 Å². The predicted octanol–water partition coefficient (Wildman–Crippen LogP) is 3.48. The van der Waals surface area contributed by atoms with E-state index in [-0.39, 0.29) is 0 Å². The van der Waals surface area contributed by atoms with Gasteiger partial charge in [0, 0.05) is 30.4 Å². The van der Waals surface area contributed by atoms with Crippen LogP contribution in [0.5, 0.6) is 0 Å². The summed E-state index contributed by atoms with van der Waals surface area (Å²) in [7, 11) is 0. The van der Waals surface area contributed by atoms with E-state index in [1.807, 2.05) is 53.3 Å². The smallest absolute Gasteiger partial charge is 0.133 e. The lowest BCUT2D eigenvalue weighted by molar-refractivity contribution is 0.766. The van der Waals surface area contributed by atoms with Crippen LogP contribution in [0.15, 0.2) is 48.7 Å². The SMILES string of the molecule is N#Cc1ccc(-n2nc(Cc3ccccn3)c3c2NCCCC3)cc1. The number of rotatable bonds is 3. The number of nitriles is 1. The van der Waals surface area contributed by atoms with Gasteiger partial charge in [0.05, 0.1) is 23.0 Å². The Kier molecular flexibility index (Phi) is 4.17. The van der Waals surface area contributed by atoms with Crippen LogP contribution in [0.25, 0.3) is 5.69 Å². The van der Waals surface area contributed by atoms with Gasteiger partial charge in [0.25, 0.3) is 0 Å². The summed E-state index contributed by atoms with van der Waals surface area (Å²) in [4.78, 5) is 4.45. The summed E-state index contributed by atoms with van der Waals surface area (Å²) < 4.78 is 1.97. The largest absolute Gasteiger partial charge is 0.370 e. The second kappa shape index (κ2) is 6.78. The molecule has 0 saturated heterocycles. The third kappa shape index (κ3) is 3.11. The summed E-state index contributed by atoms with van der Waals surface area (Å²) in [5.74, 6) is 1.08. The second-order valence-electron chi connectivity index (χ2n) is 6.23. The molecular formula is C20H19N5. The van der Waals surface area contributed by atoms with Gasteiger partial charge in [-0.15, -0.1) is 0 Å². The lowest BCUT2D eigenvalue weighted by Gasteiger charge is -2.09. The summed E-state index contributed by atoms with van der Waals surface area (Å²) in [5, 5.41) is 17.4. The first-order valence-electron chi connectivity index (χ1n) is 8.60. The Hall–Kier alpha value is -3.13. The van der Waals surface area contributed by atoms with Crippen LogP contribution in [0.4, 0.5) is 5.82 Å². The van der Waals surface area contributed by atoms with Crippen LogP contribution in [0.1, 0.15) is 35.4 Å². The number of nitrogens with zero attached hydrogens (tertiary/aromatic N) is 4. The lowest BCUT2D eigenvalue weighted by Crippen LogP contribution is -2.07. The molecule has 5 heteroatoms. The van der Waals surface area contributed by atoms with Gasteiger partial charge in [0.2, 0.25) is 0 Å². The van der Waals surface area contributed by atoms with Gasteiger partial charge in [-0.3, -0.25) is 4.98 Å². The van der Waals surface area contributed by atoms with E-state index in [0.29, 0.717) is 5.56 Å². The van der Waals surface area contributed by atoms with Crippen LogP contribution >= 0.6 is 0 Å². The van der Waals surface area contributed by atoms with E-state index in [2.05, 4.69) is 16.4 Å². The molecule has 1 aromatic carbocycles. The van der Waals surface area contributed by atoms with Crippen molar-refractivity contribution in [3.05, 3.63) is 71.2 Å². The molecule has 0 amide bonds. The van der Waals surface area contributed by atoms with Crippen molar-refractivity contribution in [2.75, 3.05) is 11.9 Å². The Morgan fingerprint density at radius 3 is 2.76 bits per heavy atom. The Balaban J connectivity index is 1.77. The molecule has 5 nitrogen and oxygen atoms in total. The summed E-state index contributed by atoms with van der Waals surface area (Å²) in [5.41, 5.74) is 5.01. The zero-order valence-corrected chi connectivity index (χ0v) is 13.9. The highest BCUT2D eigenvalue weighted by Crippen LogP contribution is 2.29. The van der Waals surface area contributed by atoms with Crippen molar-refractivity contribution >= 4 is 5.82 Å². The van der Waals surface area contributed by atoms with Crippen LogP contribution in [-0.2, 0) is 12.8 Å². The van der Waals surface area contributed by atoms with Crippen LogP contribution in [0.2, 0.25) is 0 Å². The minimum atomic E-state index is 0.656. The van der Waals surface area contributed by atoms with Gasteiger partial charge in [0.1, 0.15) is 5.82 Å². The van der Waals surface area contributed by atoms with Gasteiger partial charge in [0.15, 0.2) is 0 Å². The van der Waals surface area contributed by atoms with Crippen molar-refractivity contribution in [3.8, 4) is 11.8 Å². The van der Waals surface area contributed by atoms with Crippen LogP contribution < -0.4 is 5.32 Å². The molecule has 0 unspecified atom stereocenters. The molecule has 1 aliphatic rings. The van der Waals surface area contributed by atoms with Crippen molar-refractivity contribution in [1.29, 1.82) is 5.26 Å². The molecule has 0 spiro atoms. The highest BCUT2D eigenvalue weighted by molar-refractivity contribution is 5.55. The van der Waals surface area contributed by atoms with E-state index < -0.39 is 0 Å². The molecule has 1 aliphatic heterocycles. The number of hydrogen-bond acceptors (Lipinski definition) is 4. The Bertz CT molecular complexity index is 904. The molecule has 0 bridgehead atoms. The molecule has 4 rings (SSSR count). The third-order valence-electron chi connectivity index (χ3n) is 4.53. The van der Waals surface area contributed by atoms with E-state index in [9.17, 15) is 0 Å². The Morgan fingerprint density at radius 2 is 2.00 bits per heavy atom. The van der Waals surface area contributed by atoms with E-state index in [0.717, 1.165) is 55.1 Å². The molecule has 3 aromatic rings. The lowest BCUT2D eigenvalue weighted by atomic mass is 10.1. The first kappa shape index (κ1) is 15.4. The van der Waals surface area contributed by atoms with Crippen molar-refractivity contribution in [2.45, 2.75) is 25.7 Å². The van der Waals surface area contributed by atoms with E-state index in [1.165, 1.54) is 5.56 Å². The van der Waals surface area contributed by atoms with E-state index in [4.69, 9.17) is 10.4 Å². The highest BCUT2D eigenvalue weighted by Gasteiger charge is 2.21. The maximum atomic E-state index is 9.00. The van der Waals surface area contributed by atoms with Crippen molar-refractivity contribution in [1.82, 2.24) is 14.8 Å². The number of anilines is 1. The summed E-state index contributed by atoms with van der Waals surface area (Å²) >= 11 is 0. The van der Waals surface area contributed by atoms with Gasteiger partial charge in [-0.25, -0.2) is 4.68 Å². The topological polar surface area (TPSA) is 66.5 Å². The fraction of sp³-hybridized carbons (Fsp3) is 0.250. The average Bonchev–Trinajstić information content (AvgIpc) is 2.84. The van der Waals surface area contributed by atoms with E-state index >= 15 is 0 Å². The van der Waals surface area contributed by atoms with Crippen LogP contribution in [0.3, 0.4) is 0 Å². The standard InChI is InChI=1S/C20H19N5/c21-14-15-7-9-17(10-8-15)25-20-18(6-2-4-12-23-20)19(24-25)13-16-5-1-3-11-22-16/h1,3,5,7-11,23H,2,4,6,12-13H2. The number of aromatic nitrogens is 3. The molecule has 1 N–H and O–H groups in total. The quantitative estimate of drug-likeness (QED) is 0.799. The minimum absolute atomic E-state index is 0.656. The minimum Gasteiger partial charge on any atom is -0.370 e. The molecule has 2 aromatic heterocycles. The number of hydrogen-bond donors (Lipinski definition) is 1. The highest BCUT2D eigenvalue weighted by atomic mass is 15.3. The number of nitrogens with one attached hydrogen (secondary N) is 1. The summed E-state index contributed by atoms with van der Waals surface area (Å²) in [6.45, 7) is 0.956. The maximum absolute atomic E-state index is 9.00. The van der Waals surface area contributed by atoms with Crippen LogP contribution in [0, 0.1) is 11.3 Å². The third-order valence-corrected chi connectivity index (χ3v) is 4.53. The second-order valence-corrected chi connectivity index (χ2v) is 6.23. The van der Waals surface area contributed by atoms with Gasteiger partial charge in [-0.1, -0.05) is 6.07 Å². The summed E-state index contributed by atoms with van der Waals surface area (Å²) in [6.07, 6.45) is 5.90. The first-order chi connectivity index (χ1) is 12.3. The van der Waals surface area contributed by atoms with Crippen molar-refractivity contribution < 1.29 is 0 Å². The molecular weight excluding hydrogens is 310 g/mol. The molecule has 0 atom stereocenters. The monoisotopic (exact) mass is 329 g/mol. The molecule has 0 fully saturated rings. The zero-order chi connectivity index (χ0) is 17.1. The number of fused-ring (bicyclic) bond motifs is 1. The van der Waals surface area contributed by atoms with Crippen molar-refractivity contribution in [3.63, 3.8) is 0 Å². The fourth-order valence-corrected chi connectivity index (χ4v) is 3.25. The van der Waals surface area contributed by atoms with E-state index in [1.54, 1.807) is 0 Å². The van der Waals surface area contributed by atoms with Gasteiger partial charge < -0.3 is 5.32 Å². The normalized spacial score (nSPS) is 13.4. The van der Waals surface area contributed by atoms with Crippen LogP contribution in [-0.4, -0.2) is 21.3 Å². The molecule has 3 heterocycles. The molecule has 0 saturated carbocycles. The molecule has 25 heavy (non-hydrogen) atoms. The number of benzene rings is 1. The Labute approximate surface area is 146 Å². The number of pyridine rings is 1. The molecule has 124 valence electrons. The van der Waals surface area contributed by atoms with Crippen molar-refractivity contribution in [2.24, 2.45) is 0 Å².